The summed E-state index contributed by atoms with van der Waals surface area (Å²) in [5, 5.41) is 0. The molecule has 1 saturated heterocycles. The van der Waals surface area contributed by atoms with Gasteiger partial charge in [0, 0.05) is 24.3 Å². The lowest BCUT2D eigenvalue weighted by molar-refractivity contribution is -0.0755. The molecule has 2 atom stereocenters. The zero-order chi connectivity index (χ0) is 13.4. The lowest BCUT2D eigenvalue weighted by Gasteiger charge is -2.43. The van der Waals surface area contributed by atoms with E-state index in [1.165, 1.54) is 12.8 Å². The Labute approximate surface area is 121 Å². The molecule has 2 unspecified atom stereocenters. The maximum atomic E-state index is 12.7. The van der Waals surface area contributed by atoms with Crippen LogP contribution in [0.3, 0.4) is 0 Å². The van der Waals surface area contributed by atoms with Crippen molar-refractivity contribution in [3.05, 3.63) is 22.4 Å². The van der Waals surface area contributed by atoms with Crippen molar-refractivity contribution in [2.45, 2.75) is 37.8 Å². The molecule has 0 radical (unpaired) electrons. The van der Waals surface area contributed by atoms with Crippen molar-refractivity contribution in [2.75, 3.05) is 13.2 Å². The number of nitrogens with zero attached hydrogens (tertiary/aromatic N) is 2. The number of carbonyl (C=O) groups excluding carboxylic acids is 1. The van der Waals surface area contributed by atoms with E-state index in [2.05, 4.69) is 15.9 Å². The van der Waals surface area contributed by atoms with Crippen LogP contribution in [0.4, 0.5) is 0 Å². The number of rotatable bonds is 1. The van der Waals surface area contributed by atoms with E-state index in [0.29, 0.717) is 13.2 Å². The van der Waals surface area contributed by atoms with E-state index >= 15 is 0 Å². The summed E-state index contributed by atoms with van der Waals surface area (Å²) < 4.78 is 8.66. The maximum absolute atomic E-state index is 12.7. The molecule has 2 fully saturated rings. The summed E-state index contributed by atoms with van der Waals surface area (Å²) in [5.41, 5.74) is 0.748. The Kier molecular flexibility index (Phi) is 3.67. The number of carbonyl (C=O) groups is 1. The van der Waals surface area contributed by atoms with Gasteiger partial charge >= 0.3 is 0 Å². The van der Waals surface area contributed by atoms with Crippen molar-refractivity contribution in [2.24, 2.45) is 7.05 Å². The standard InChI is InChI=1S/C14H19BrN2O2/c1-16-9-10(15)8-12(16)14(18)17-6-7-19-13-5-3-2-4-11(13)17/h8-9,11,13H,2-7H2,1H3. The van der Waals surface area contributed by atoms with Crippen LogP contribution < -0.4 is 0 Å². The third-order valence-electron chi connectivity index (χ3n) is 4.18. The molecule has 0 spiro atoms. The summed E-state index contributed by atoms with van der Waals surface area (Å²) in [6, 6.07) is 2.17. The van der Waals surface area contributed by atoms with E-state index in [1.807, 2.05) is 28.8 Å². The number of ether oxygens (including phenoxy) is 1. The predicted octanol–water partition coefficient (Wildman–Crippen LogP) is 2.57. The van der Waals surface area contributed by atoms with Crippen molar-refractivity contribution in [1.82, 2.24) is 9.47 Å². The van der Waals surface area contributed by atoms with Gasteiger partial charge < -0.3 is 14.2 Å². The van der Waals surface area contributed by atoms with Gasteiger partial charge in [-0.05, 0) is 34.8 Å². The third-order valence-corrected chi connectivity index (χ3v) is 4.62. The Hall–Kier alpha value is -0.810. The lowest BCUT2D eigenvalue weighted by Crippen LogP contribution is -2.55. The second-order valence-electron chi connectivity index (χ2n) is 5.41. The zero-order valence-corrected chi connectivity index (χ0v) is 12.7. The monoisotopic (exact) mass is 326 g/mol. The van der Waals surface area contributed by atoms with Crippen LogP contribution in [0.15, 0.2) is 16.7 Å². The van der Waals surface area contributed by atoms with E-state index in [0.717, 1.165) is 23.0 Å². The van der Waals surface area contributed by atoms with Gasteiger partial charge in [0.2, 0.25) is 0 Å². The number of morpholine rings is 1. The van der Waals surface area contributed by atoms with Gasteiger partial charge in [-0.1, -0.05) is 12.8 Å². The van der Waals surface area contributed by atoms with E-state index in [4.69, 9.17) is 4.74 Å². The van der Waals surface area contributed by atoms with Gasteiger partial charge in [-0.25, -0.2) is 0 Å². The summed E-state index contributed by atoms with van der Waals surface area (Å²) in [7, 11) is 1.91. The molecule has 4 nitrogen and oxygen atoms in total. The van der Waals surface area contributed by atoms with E-state index in [-0.39, 0.29) is 18.1 Å². The zero-order valence-electron chi connectivity index (χ0n) is 11.1. The molecular formula is C14H19BrN2O2. The fraction of sp³-hybridized carbons (Fsp3) is 0.643. The topological polar surface area (TPSA) is 34.5 Å². The minimum Gasteiger partial charge on any atom is -0.374 e. The van der Waals surface area contributed by atoms with Gasteiger partial charge in [0.05, 0.1) is 18.8 Å². The lowest BCUT2D eigenvalue weighted by atomic mass is 9.90. The smallest absolute Gasteiger partial charge is 0.270 e. The molecule has 104 valence electrons. The first kappa shape index (κ1) is 13.2. The van der Waals surface area contributed by atoms with Crippen molar-refractivity contribution in [3.63, 3.8) is 0 Å². The number of halogens is 1. The van der Waals surface area contributed by atoms with Gasteiger partial charge in [-0.15, -0.1) is 0 Å². The average molecular weight is 327 g/mol. The highest BCUT2D eigenvalue weighted by atomic mass is 79.9. The van der Waals surface area contributed by atoms with Crippen LogP contribution >= 0.6 is 15.9 Å². The van der Waals surface area contributed by atoms with Gasteiger partial charge in [-0.2, -0.15) is 0 Å². The van der Waals surface area contributed by atoms with Crippen LogP contribution in [0, 0.1) is 0 Å². The van der Waals surface area contributed by atoms with E-state index < -0.39 is 0 Å². The molecule has 1 aliphatic heterocycles. The third kappa shape index (κ3) is 2.46. The summed E-state index contributed by atoms with van der Waals surface area (Å²) in [6.45, 7) is 1.38. The Morgan fingerprint density at radius 2 is 2.21 bits per heavy atom. The largest absolute Gasteiger partial charge is 0.374 e. The fourth-order valence-corrected chi connectivity index (χ4v) is 3.76. The van der Waals surface area contributed by atoms with Crippen molar-refractivity contribution in [3.8, 4) is 0 Å². The fourth-order valence-electron chi connectivity index (χ4n) is 3.23. The Bertz CT molecular complexity index is 484. The highest BCUT2D eigenvalue weighted by Gasteiger charge is 2.37. The molecule has 1 saturated carbocycles. The van der Waals surface area contributed by atoms with Crippen LogP contribution in [-0.2, 0) is 11.8 Å². The van der Waals surface area contributed by atoms with Crippen LogP contribution in [0.25, 0.3) is 0 Å². The number of amides is 1. The molecule has 3 rings (SSSR count). The molecule has 2 aliphatic rings. The quantitative estimate of drug-likeness (QED) is 0.795. The van der Waals surface area contributed by atoms with Gasteiger partial charge in [0.25, 0.3) is 5.91 Å². The van der Waals surface area contributed by atoms with E-state index in [9.17, 15) is 4.79 Å². The normalized spacial score (nSPS) is 27.2. The van der Waals surface area contributed by atoms with Crippen LogP contribution in [-0.4, -0.2) is 40.7 Å². The predicted molar refractivity (Wildman–Crippen MR) is 76.1 cm³/mol. The number of hydrogen-bond acceptors (Lipinski definition) is 2. The summed E-state index contributed by atoms with van der Waals surface area (Å²) in [4.78, 5) is 14.7. The van der Waals surface area contributed by atoms with Gasteiger partial charge in [0.1, 0.15) is 5.69 Å². The molecule has 0 aromatic carbocycles. The highest BCUT2D eigenvalue weighted by molar-refractivity contribution is 9.10. The molecular weight excluding hydrogens is 308 g/mol. The number of aromatic nitrogens is 1. The highest BCUT2D eigenvalue weighted by Crippen LogP contribution is 2.29. The molecule has 1 aliphatic carbocycles. The Morgan fingerprint density at radius 3 is 2.95 bits per heavy atom. The molecule has 1 amide bonds. The first-order chi connectivity index (χ1) is 9.16. The minimum absolute atomic E-state index is 0.133. The second-order valence-corrected chi connectivity index (χ2v) is 6.33. The van der Waals surface area contributed by atoms with Gasteiger partial charge in [0.15, 0.2) is 0 Å². The SMILES string of the molecule is Cn1cc(Br)cc1C(=O)N1CCOC2CCCCC21. The molecule has 19 heavy (non-hydrogen) atoms. The second kappa shape index (κ2) is 5.29. The molecule has 1 aromatic rings. The van der Waals surface area contributed by atoms with Crippen LogP contribution in [0.5, 0.6) is 0 Å². The van der Waals surface area contributed by atoms with Crippen molar-refractivity contribution in [1.29, 1.82) is 0 Å². The molecule has 1 aromatic heterocycles. The molecule has 5 heteroatoms. The average Bonchev–Trinajstić information content (AvgIpc) is 2.76. The van der Waals surface area contributed by atoms with Gasteiger partial charge in [-0.3, -0.25) is 4.79 Å². The van der Waals surface area contributed by atoms with Crippen molar-refractivity contribution < 1.29 is 9.53 Å². The van der Waals surface area contributed by atoms with E-state index in [1.54, 1.807) is 0 Å². The number of aryl methyl sites for hydroxylation is 1. The molecule has 2 heterocycles. The van der Waals surface area contributed by atoms with Crippen molar-refractivity contribution >= 4 is 21.8 Å². The summed E-state index contributed by atoms with van der Waals surface area (Å²) in [5.74, 6) is 0.133. The first-order valence-corrected chi connectivity index (χ1v) is 7.70. The number of fused-ring (bicyclic) bond motifs is 1. The van der Waals surface area contributed by atoms with Crippen LogP contribution in [0.2, 0.25) is 0 Å². The Balaban J connectivity index is 1.83. The first-order valence-electron chi connectivity index (χ1n) is 6.91. The Morgan fingerprint density at radius 1 is 1.42 bits per heavy atom. The summed E-state index contributed by atoms with van der Waals surface area (Å²) >= 11 is 3.43. The van der Waals surface area contributed by atoms with Crippen LogP contribution in [0.1, 0.15) is 36.2 Å². The minimum atomic E-state index is 0.133. The molecule has 0 bridgehead atoms. The summed E-state index contributed by atoms with van der Waals surface area (Å²) in [6.07, 6.45) is 6.75. The molecule has 0 N–H and O–H groups in total. The number of hydrogen-bond donors (Lipinski definition) is 0. The maximum Gasteiger partial charge on any atom is 0.270 e.